The zero-order valence-corrected chi connectivity index (χ0v) is 11.2. The molecule has 0 heterocycles. The van der Waals surface area contributed by atoms with E-state index in [1.165, 1.54) is 5.39 Å². The standard InChI is InChI=1S/C15H16ClNO/c1-10(16)15(18)17-11(2)13-9-5-7-12-6-3-4-8-14(12)13/h3-11H,1-2H3,(H,17,18). The van der Waals surface area contributed by atoms with Crippen molar-refractivity contribution in [1.29, 1.82) is 0 Å². The first kappa shape index (κ1) is 12.9. The van der Waals surface area contributed by atoms with Crippen LogP contribution in [0.2, 0.25) is 0 Å². The van der Waals surface area contributed by atoms with Crippen molar-refractivity contribution in [2.24, 2.45) is 0 Å². The summed E-state index contributed by atoms with van der Waals surface area (Å²) in [5.41, 5.74) is 1.11. The fourth-order valence-electron chi connectivity index (χ4n) is 2.03. The summed E-state index contributed by atoms with van der Waals surface area (Å²) in [5.74, 6) is -0.142. The topological polar surface area (TPSA) is 29.1 Å². The van der Waals surface area contributed by atoms with Crippen molar-refractivity contribution in [2.75, 3.05) is 0 Å². The Morgan fingerprint density at radius 2 is 1.78 bits per heavy atom. The summed E-state index contributed by atoms with van der Waals surface area (Å²) >= 11 is 5.77. The number of halogens is 1. The van der Waals surface area contributed by atoms with E-state index in [2.05, 4.69) is 23.5 Å². The van der Waals surface area contributed by atoms with Crippen molar-refractivity contribution < 1.29 is 4.79 Å². The maximum absolute atomic E-state index is 11.6. The molecule has 0 aromatic heterocycles. The van der Waals surface area contributed by atoms with Gasteiger partial charge in [0.2, 0.25) is 5.91 Å². The van der Waals surface area contributed by atoms with Crippen LogP contribution in [0.4, 0.5) is 0 Å². The molecule has 0 spiro atoms. The first-order valence-corrected chi connectivity index (χ1v) is 6.45. The van der Waals surface area contributed by atoms with E-state index in [-0.39, 0.29) is 11.9 Å². The molecular weight excluding hydrogens is 246 g/mol. The van der Waals surface area contributed by atoms with Crippen molar-refractivity contribution in [3.05, 3.63) is 48.0 Å². The highest BCUT2D eigenvalue weighted by molar-refractivity contribution is 6.30. The van der Waals surface area contributed by atoms with Gasteiger partial charge in [-0.15, -0.1) is 11.6 Å². The lowest BCUT2D eigenvalue weighted by Gasteiger charge is -2.17. The number of nitrogens with one attached hydrogen (secondary N) is 1. The third-order valence-electron chi connectivity index (χ3n) is 3.01. The van der Waals surface area contributed by atoms with Crippen LogP contribution in [0.25, 0.3) is 10.8 Å². The molecule has 0 fully saturated rings. The Bertz CT molecular complexity index is 560. The summed E-state index contributed by atoms with van der Waals surface area (Å²) < 4.78 is 0. The van der Waals surface area contributed by atoms with Gasteiger partial charge in [0.15, 0.2) is 0 Å². The zero-order valence-electron chi connectivity index (χ0n) is 10.5. The molecule has 2 aromatic rings. The molecule has 0 saturated heterocycles. The van der Waals surface area contributed by atoms with Gasteiger partial charge in [0.25, 0.3) is 0 Å². The minimum absolute atomic E-state index is 0.0511. The average molecular weight is 262 g/mol. The van der Waals surface area contributed by atoms with Crippen LogP contribution in [0.15, 0.2) is 42.5 Å². The number of alkyl halides is 1. The Balaban J connectivity index is 2.33. The third kappa shape index (κ3) is 2.65. The fourth-order valence-corrected chi connectivity index (χ4v) is 2.10. The van der Waals surface area contributed by atoms with Gasteiger partial charge in [-0.25, -0.2) is 0 Å². The predicted molar refractivity (Wildman–Crippen MR) is 75.8 cm³/mol. The van der Waals surface area contributed by atoms with E-state index in [9.17, 15) is 4.79 Å². The average Bonchev–Trinajstić information content (AvgIpc) is 2.37. The number of hydrogen-bond acceptors (Lipinski definition) is 1. The Morgan fingerprint density at radius 3 is 2.50 bits per heavy atom. The lowest BCUT2D eigenvalue weighted by Crippen LogP contribution is -2.32. The van der Waals surface area contributed by atoms with E-state index in [0.29, 0.717) is 0 Å². The van der Waals surface area contributed by atoms with E-state index < -0.39 is 5.38 Å². The van der Waals surface area contributed by atoms with E-state index >= 15 is 0 Å². The Kier molecular flexibility index (Phi) is 3.87. The third-order valence-corrected chi connectivity index (χ3v) is 3.21. The van der Waals surface area contributed by atoms with Crippen LogP contribution in [-0.4, -0.2) is 11.3 Å². The lowest BCUT2D eigenvalue weighted by molar-refractivity contribution is -0.121. The molecule has 0 aliphatic heterocycles. The summed E-state index contributed by atoms with van der Waals surface area (Å²) in [7, 11) is 0. The predicted octanol–water partition coefficient (Wildman–Crippen LogP) is 3.64. The number of hydrogen-bond donors (Lipinski definition) is 1. The molecule has 3 heteroatoms. The molecule has 94 valence electrons. The second kappa shape index (κ2) is 5.40. The van der Waals surface area contributed by atoms with Gasteiger partial charge in [-0.1, -0.05) is 42.5 Å². The largest absolute Gasteiger partial charge is 0.348 e. The van der Waals surface area contributed by atoms with Gasteiger partial charge < -0.3 is 5.32 Å². The van der Waals surface area contributed by atoms with Gasteiger partial charge in [0.05, 0.1) is 6.04 Å². The summed E-state index contributed by atoms with van der Waals surface area (Å²) in [6, 6.07) is 14.2. The molecule has 1 amide bonds. The van der Waals surface area contributed by atoms with Crippen molar-refractivity contribution in [3.63, 3.8) is 0 Å². The molecule has 0 aliphatic rings. The Labute approximate surface area is 112 Å². The van der Waals surface area contributed by atoms with Gasteiger partial charge in [-0.05, 0) is 30.2 Å². The number of carbonyl (C=O) groups excluding carboxylic acids is 1. The van der Waals surface area contributed by atoms with Crippen LogP contribution in [0.5, 0.6) is 0 Å². The van der Waals surface area contributed by atoms with Gasteiger partial charge in [-0.2, -0.15) is 0 Å². The Hall–Kier alpha value is -1.54. The number of amides is 1. The zero-order chi connectivity index (χ0) is 13.1. The summed E-state index contributed by atoms with van der Waals surface area (Å²) in [6.45, 7) is 3.64. The molecule has 1 N–H and O–H groups in total. The highest BCUT2D eigenvalue weighted by Gasteiger charge is 2.15. The summed E-state index contributed by atoms with van der Waals surface area (Å²) in [5, 5.41) is 4.74. The smallest absolute Gasteiger partial charge is 0.238 e. The molecule has 2 rings (SSSR count). The number of fused-ring (bicyclic) bond motifs is 1. The van der Waals surface area contributed by atoms with Gasteiger partial charge >= 0.3 is 0 Å². The van der Waals surface area contributed by atoms with Crippen LogP contribution in [0.1, 0.15) is 25.5 Å². The van der Waals surface area contributed by atoms with Gasteiger partial charge in [0.1, 0.15) is 5.38 Å². The lowest BCUT2D eigenvalue weighted by atomic mass is 9.99. The number of rotatable bonds is 3. The SMILES string of the molecule is CC(Cl)C(=O)NC(C)c1cccc2ccccc12. The maximum Gasteiger partial charge on any atom is 0.238 e. The first-order chi connectivity index (χ1) is 8.59. The van der Waals surface area contributed by atoms with Crippen LogP contribution >= 0.6 is 11.6 Å². The first-order valence-electron chi connectivity index (χ1n) is 6.01. The number of benzene rings is 2. The molecule has 0 aliphatic carbocycles. The molecule has 18 heavy (non-hydrogen) atoms. The highest BCUT2D eigenvalue weighted by atomic mass is 35.5. The molecule has 2 nitrogen and oxygen atoms in total. The van der Waals surface area contributed by atoms with Crippen LogP contribution < -0.4 is 5.32 Å². The van der Waals surface area contributed by atoms with Crippen LogP contribution in [0, 0.1) is 0 Å². The normalized spacial score (nSPS) is 14.2. The van der Waals surface area contributed by atoms with Gasteiger partial charge in [-0.3, -0.25) is 4.79 Å². The minimum Gasteiger partial charge on any atom is -0.348 e. The maximum atomic E-state index is 11.6. The van der Waals surface area contributed by atoms with E-state index in [0.717, 1.165) is 10.9 Å². The summed E-state index contributed by atoms with van der Waals surface area (Å²) in [6.07, 6.45) is 0. The highest BCUT2D eigenvalue weighted by Crippen LogP contribution is 2.24. The molecule has 2 atom stereocenters. The second-order valence-corrected chi connectivity index (χ2v) is 5.07. The molecule has 0 saturated carbocycles. The molecule has 0 radical (unpaired) electrons. The van der Waals surface area contributed by atoms with E-state index in [1.54, 1.807) is 6.92 Å². The Morgan fingerprint density at radius 1 is 1.11 bits per heavy atom. The van der Waals surface area contributed by atoms with Crippen molar-refractivity contribution >= 4 is 28.3 Å². The van der Waals surface area contributed by atoms with Crippen LogP contribution in [-0.2, 0) is 4.79 Å². The second-order valence-electron chi connectivity index (χ2n) is 4.41. The molecular formula is C15H16ClNO. The minimum atomic E-state index is -0.512. The summed E-state index contributed by atoms with van der Waals surface area (Å²) in [4.78, 5) is 11.6. The molecule has 2 aromatic carbocycles. The van der Waals surface area contributed by atoms with E-state index in [1.807, 2.05) is 31.2 Å². The van der Waals surface area contributed by atoms with Crippen LogP contribution in [0.3, 0.4) is 0 Å². The van der Waals surface area contributed by atoms with Crippen molar-refractivity contribution in [2.45, 2.75) is 25.3 Å². The molecule has 0 bridgehead atoms. The number of carbonyl (C=O) groups is 1. The van der Waals surface area contributed by atoms with Crippen molar-refractivity contribution in [3.8, 4) is 0 Å². The molecule has 2 unspecified atom stereocenters. The monoisotopic (exact) mass is 261 g/mol. The van der Waals surface area contributed by atoms with Gasteiger partial charge in [0, 0.05) is 0 Å². The van der Waals surface area contributed by atoms with E-state index in [4.69, 9.17) is 11.6 Å². The quantitative estimate of drug-likeness (QED) is 0.840. The van der Waals surface area contributed by atoms with Crippen molar-refractivity contribution in [1.82, 2.24) is 5.32 Å². The fraction of sp³-hybridized carbons (Fsp3) is 0.267.